The molecule has 0 fully saturated rings. The van der Waals surface area contributed by atoms with E-state index in [-0.39, 0.29) is 5.78 Å². The normalized spacial score (nSPS) is 8.14. The standard InChI is InChI=1S/C4H5BrO2/c5-2-1-4(7)3-6/h3H,1-2H2. The lowest BCUT2D eigenvalue weighted by atomic mass is 10.3. The molecule has 0 spiro atoms. The van der Waals surface area contributed by atoms with Crippen molar-refractivity contribution < 1.29 is 9.59 Å². The van der Waals surface area contributed by atoms with Crippen molar-refractivity contribution in [3.05, 3.63) is 0 Å². The Morgan fingerprint density at radius 3 is 2.43 bits per heavy atom. The molecule has 3 heteroatoms. The highest BCUT2D eigenvalue weighted by molar-refractivity contribution is 9.09. The third-order valence-corrected chi connectivity index (χ3v) is 0.869. The minimum absolute atomic E-state index is 0.309. The van der Waals surface area contributed by atoms with E-state index in [0.29, 0.717) is 18.0 Å². The molecule has 0 aliphatic carbocycles. The van der Waals surface area contributed by atoms with Crippen molar-refractivity contribution in [3.8, 4) is 0 Å². The number of hydrogen-bond acceptors (Lipinski definition) is 2. The van der Waals surface area contributed by atoms with Gasteiger partial charge in [0.15, 0.2) is 12.1 Å². The molecule has 0 aromatic carbocycles. The van der Waals surface area contributed by atoms with E-state index in [9.17, 15) is 9.59 Å². The smallest absolute Gasteiger partial charge is 0.196 e. The predicted octanol–water partition coefficient (Wildman–Crippen LogP) is 0.539. The Morgan fingerprint density at radius 2 is 2.29 bits per heavy atom. The number of halogens is 1. The first-order valence-electron chi connectivity index (χ1n) is 1.85. The summed E-state index contributed by atoms with van der Waals surface area (Å²) in [6.45, 7) is 0. The topological polar surface area (TPSA) is 34.1 Å². The molecule has 0 unspecified atom stereocenters. The summed E-state index contributed by atoms with van der Waals surface area (Å²) in [5.74, 6) is -0.350. The molecule has 0 N–H and O–H groups in total. The van der Waals surface area contributed by atoms with E-state index in [4.69, 9.17) is 0 Å². The monoisotopic (exact) mass is 164 g/mol. The first-order valence-corrected chi connectivity index (χ1v) is 2.97. The summed E-state index contributed by atoms with van der Waals surface area (Å²) >= 11 is 3.01. The Bertz CT molecular complexity index is 79.8. The number of hydrogen-bond donors (Lipinski definition) is 0. The van der Waals surface area contributed by atoms with Crippen LogP contribution in [0.15, 0.2) is 0 Å². The van der Waals surface area contributed by atoms with E-state index < -0.39 is 0 Å². The van der Waals surface area contributed by atoms with Crippen LogP contribution < -0.4 is 0 Å². The SMILES string of the molecule is O=CC(=O)CCBr. The van der Waals surface area contributed by atoms with Crippen molar-refractivity contribution in [1.82, 2.24) is 0 Å². The van der Waals surface area contributed by atoms with E-state index in [2.05, 4.69) is 15.9 Å². The van der Waals surface area contributed by atoms with Gasteiger partial charge in [-0.15, -0.1) is 0 Å². The van der Waals surface area contributed by atoms with Crippen LogP contribution in [0.25, 0.3) is 0 Å². The van der Waals surface area contributed by atoms with Gasteiger partial charge in [-0.2, -0.15) is 0 Å². The molecule has 0 aromatic heterocycles. The number of alkyl halides is 1. The zero-order valence-corrected chi connectivity index (χ0v) is 5.27. The molecule has 2 nitrogen and oxygen atoms in total. The van der Waals surface area contributed by atoms with Crippen LogP contribution in [0.4, 0.5) is 0 Å². The molecule has 0 rings (SSSR count). The number of rotatable bonds is 3. The van der Waals surface area contributed by atoms with E-state index in [1.54, 1.807) is 0 Å². The summed E-state index contributed by atoms with van der Waals surface area (Å²) in [6.07, 6.45) is 0.644. The molecule has 0 atom stereocenters. The second kappa shape index (κ2) is 3.99. The second-order valence-electron chi connectivity index (χ2n) is 1.02. The number of carbonyl (C=O) groups is 2. The first-order chi connectivity index (χ1) is 3.31. The van der Waals surface area contributed by atoms with E-state index in [1.165, 1.54) is 0 Å². The van der Waals surface area contributed by atoms with Gasteiger partial charge >= 0.3 is 0 Å². The van der Waals surface area contributed by atoms with Gasteiger partial charge in [0, 0.05) is 11.8 Å². The molecule has 0 aliphatic heterocycles. The highest BCUT2D eigenvalue weighted by Gasteiger charge is 1.92. The highest BCUT2D eigenvalue weighted by Crippen LogP contribution is 1.85. The van der Waals surface area contributed by atoms with Crippen LogP contribution >= 0.6 is 15.9 Å². The van der Waals surface area contributed by atoms with Gasteiger partial charge in [-0.3, -0.25) is 9.59 Å². The summed E-state index contributed by atoms with van der Waals surface area (Å²) in [7, 11) is 0. The molecule has 0 aliphatic rings. The van der Waals surface area contributed by atoms with Crippen molar-refractivity contribution in [2.24, 2.45) is 0 Å². The Kier molecular flexibility index (Phi) is 3.89. The summed E-state index contributed by atoms with van der Waals surface area (Å²) < 4.78 is 0. The minimum Gasteiger partial charge on any atom is -0.295 e. The van der Waals surface area contributed by atoms with Crippen LogP contribution in [-0.2, 0) is 9.59 Å². The van der Waals surface area contributed by atoms with Gasteiger partial charge in [0.2, 0.25) is 0 Å². The molecule has 40 valence electrons. The van der Waals surface area contributed by atoms with Crippen molar-refractivity contribution in [2.45, 2.75) is 6.42 Å². The van der Waals surface area contributed by atoms with Crippen molar-refractivity contribution in [1.29, 1.82) is 0 Å². The molecular formula is C4H5BrO2. The lowest BCUT2D eigenvalue weighted by Gasteiger charge is -1.78. The Morgan fingerprint density at radius 1 is 1.71 bits per heavy atom. The summed E-state index contributed by atoms with van der Waals surface area (Å²) in [5, 5.41) is 0.574. The number of ketones is 1. The second-order valence-corrected chi connectivity index (χ2v) is 1.82. The number of Topliss-reactive ketones (excluding diaryl/α,β-unsaturated/α-hetero) is 1. The summed E-state index contributed by atoms with van der Waals surface area (Å²) in [4.78, 5) is 19.5. The molecule has 0 saturated carbocycles. The van der Waals surface area contributed by atoms with Crippen LogP contribution in [-0.4, -0.2) is 17.4 Å². The van der Waals surface area contributed by atoms with Crippen molar-refractivity contribution in [2.75, 3.05) is 5.33 Å². The average Bonchev–Trinajstić information content (AvgIpc) is 1.68. The van der Waals surface area contributed by atoms with Gasteiger partial charge in [0.25, 0.3) is 0 Å². The molecule has 0 radical (unpaired) electrons. The number of aldehydes is 1. The van der Waals surface area contributed by atoms with E-state index >= 15 is 0 Å². The van der Waals surface area contributed by atoms with Crippen LogP contribution in [0.5, 0.6) is 0 Å². The van der Waals surface area contributed by atoms with Crippen LogP contribution in [0.2, 0.25) is 0 Å². The van der Waals surface area contributed by atoms with E-state index in [0.717, 1.165) is 0 Å². The molecule has 0 bridgehead atoms. The van der Waals surface area contributed by atoms with Crippen LogP contribution in [0.1, 0.15) is 6.42 Å². The van der Waals surface area contributed by atoms with Gasteiger partial charge in [-0.25, -0.2) is 0 Å². The maximum atomic E-state index is 10.0. The first kappa shape index (κ1) is 6.82. The lowest BCUT2D eigenvalue weighted by molar-refractivity contribution is -0.129. The van der Waals surface area contributed by atoms with Crippen LogP contribution in [0.3, 0.4) is 0 Å². The van der Waals surface area contributed by atoms with E-state index in [1.807, 2.05) is 0 Å². The molecular weight excluding hydrogens is 160 g/mol. The molecule has 7 heavy (non-hydrogen) atoms. The highest BCUT2D eigenvalue weighted by atomic mass is 79.9. The Hall–Kier alpha value is -0.180. The lowest BCUT2D eigenvalue weighted by Crippen LogP contribution is -1.97. The van der Waals surface area contributed by atoms with Gasteiger partial charge in [-0.05, 0) is 0 Å². The minimum atomic E-state index is -0.350. The molecule has 0 aromatic rings. The fraction of sp³-hybridized carbons (Fsp3) is 0.500. The fourth-order valence-corrected chi connectivity index (χ4v) is 0.543. The molecule has 0 heterocycles. The maximum absolute atomic E-state index is 10.0. The zero-order chi connectivity index (χ0) is 5.70. The fourth-order valence-electron chi connectivity index (χ4n) is 0.152. The summed E-state index contributed by atoms with van der Waals surface area (Å²) in [6, 6.07) is 0. The van der Waals surface area contributed by atoms with Gasteiger partial charge in [0.1, 0.15) is 0 Å². The quantitative estimate of drug-likeness (QED) is 0.347. The predicted molar refractivity (Wildman–Crippen MR) is 29.5 cm³/mol. The van der Waals surface area contributed by atoms with Crippen LogP contribution in [0, 0.1) is 0 Å². The Balaban J connectivity index is 3.17. The third kappa shape index (κ3) is 3.66. The average molecular weight is 165 g/mol. The third-order valence-electron chi connectivity index (χ3n) is 0.472. The number of carbonyl (C=O) groups excluding carboxylic acids is 2. The van der Waals surface area contributed by atoms with Crippen molar-refractivity contribution in [3.63, 3.8) is 0 Å². The summed E-state index contributed by atoms with van der Waals surface area (Å²) in [5.41, 5.74) is 0. The Labute approximate surface area is 50.0 Å². The maximum Gasteiger partial charge on any atom is 0.196 e. The van der Waals surface area contributed by atoms with Gasteiger partial charge < -0.3 is 0 Å². The van der Waals surface area contributed by atoms with Crippen molar-refractivity contribution >= 4 is 28.0 Å². The van der Waals surface area contributed by atoms with Gasteiger partial charge in [-0.1, -0.05) is 15.9 Å². The largest absolute Gasteiger partial charge is 0.295 e. The zero-order valence-electron chi connectivity index (χ0n) is 3.69. The molecule has 0 saturated heterocycles. The molecule has 0 amide bonds. The van der Waals surface area contributed by atoms with Gasteiger partial charge in [0.05, 0.1) is 0 Å².